The Bertz CT molecular complexity index is 1110. The fraction of sp³-hybridized carbons (Fsp3) is 0.250. The monoisotopic (exact) mass is 478 g/mol. The maximum atomic E-state index is 2.58. The molecule has 2 heteroatoms. The average molecular weight is 479 g/mol. The molecule has 2 aliphatic carbocycles. The minimum Gasteiger partial charge on any atom is -0.0622 e. The fourth-order valence-corrected chi connectivity index (χ4v) is 13.2. The SMILES string of the molecule is C[C@H](C1[C@@H]2CCC2[C@@H]1P(c1ccccc1)c1ccccc1)P(c1ccccc1)c1ccccc1. The molecule has 0 N–H and O–H groups in total. The van der Waals surface area contributed by atoms with E-state index < -0.39 is 7.92 Å². The summed E-state index contributed by atoms with van der Waals surface area (Å²) in [5.41, 5.74) is 1.45. The van der Waals surface area contributed by atoms with E-state index in [1.807, 2.05) is 0 Å². The highest BCUT2D eigenvalue weighted by molar-refractivity contribution is 7.74. The molecular weight excluding hydrogens is 446 g/mol. The lowest BCUT2D eigenvalue weighted by atomic mass is 9.52. The highest BCUT2D eigenvalue weighted by Crippen LogP contribution is 2.69. The molecule has 0 spiro atoms. The van der Waals surface area contributed by atoms with Crippen LogP contribution < -0.4 is 21.2 Å². The normalized spacial score (nSPS) is 24.2. The van der Waals surface area contributed by atoms with Crippen molar-refractivity contribution in [2.45, 2.75) is 31.1 Å². The van der Waals surface area contributed by atoms with Crippen LogP contribution in [0.2, 0.25) is 0 Å². The molecule has 5 atom stereocenters. The highest BCUT2D eigenvalue weighted by atomic mass is 31.1. The lowest BCUT2D eigenvalue weighted by Gasteiger charge is -2.64. The van der Waals surface area contributed by atoms with Crippen molar-refractivity contribution in [2.75, 3.05) is 0 Å². The molecule has 4 aromatic carbocycles. The summed E-state index contributed by atoms with van der Waals surface area (Å²) in [4.78, 5) is 0. The van der Waals surface area contributed by atoms with E-state index in [9.17, 15) is 0 Å². The van der Waals surface area contributed by atoms with Gasteiger partial charge in [0.05, 0.1) is 0 Å². The van der Waals surface area contributed by atoms with Gasteiger partial charge in [0.2, 0.25) is 0 Å². The molecule has 0 nitrogen and oxygen atoms in total. The van der Waals surface area contributed by atoms with Gasteiger partial charge in [0.25, 0.3) is 0 Å². The Morgan fingerprint density at radius 2 is 0.912 bits per heavy atom. The number of fused-ring (bicyclic) bond motifs is 1. The lowest BCUT2D eigenvalue weighted by Crippen LogP contribution is -2.61. The van der Waals surface area contributed by atoms with Crippen LogP contribution in [0.5, 0.6) is 0 Å². The van der Waals surface area contributed by atoms with Crippen molar-refractivity contribution in [1.29, 1.82) is 0 Å². The molecule has 0 radical (unpaired) electrons. The van der Waals surface area contributed by atoms with Crippen molar-refractivity contribution >= 4 is 37.1 Å². The van der Waals surface area contributed by atoms with Crippen LogP contribution in [0.15, 0.2) is 121 Å². The fourth-order valence-electron chi connectivity index (χ4n) is 6.49. The Labute approximate surface area is 207 Å². The molecule has 34 heavy (non-hydrogen) atoms. The molecule has 170 valence electrons. The van der Waals surface area contributed by atoms with E-state index in [2.05, 4.69) is 128 Å². The molecule has 6 rings (SSSR count). The first kappa shape index (κ1) is 22.2. The molecule has 0 heterocycles. The summed E-state index contributed by atoms with van der Waals surface area (Å²) in [6.45, 7) is 2.58. The third-order valence-corrected chi connectivity index (χ3v) is 14.0. The van der Waals surface area contributed by atoms with Crippen LogP contribution in [0.1, 0.15) is 19.8 Å². The highest BCUT2D eigenvalue weighted by Gasteiger charge is 2.60. The Balaban J connectivity index is 1.42. The quantitative estimate of drug-likeness (QED) is 0.261. The number of rotatable bonds is 7. The molecule has 0 aliphatic heterocycles. The first-order valence-electron chi connectivity index (χ1n) is 12.6. The molecule has 2 unspecified atom stereocenters. The van der Waals surface area contributed by atoms with Crippen molar-refractivity contribution < 1.29 is 0 Å². The topological polar surface area (TPSA) is 0 Å². The largest absolute Gasteiger partial charge is 0.0622 e. The molecule has 0 aromatic heterocycles. The van der Waals surface area contributed by atoms with E-state index in [4.69, 9.17) is 0 Å². The van der Waals surface area contributed by atoms with Gasteiger partial charge in [-0.2, -0.15) is 0 Å². The molecule has 0 amide bonds. The molecule has 2 fully saturated rings. The first-order chi connectivity index (χ1) is 16.8. The van der Waals surface area contributed by atoms with Gasteiger partial charge in [0.1, 0.15) is 0 Å². The van der Waals surface area contributed by atoms with Crippen LogP contribution in [0.25, 0.3) is 0 Å². The Hall–Kier alpha value is -2.26. The van der Waals surface area contributed by atoms with E-state index in [1.165, 1.54) is 23.5 Å². The second kappa shape index (κ2) is 9.77. The van der Waals surface area contributed by atoms with Gasteiger partial charge < -0.3 is 0 Å². The Morgan fingerprint density at radius 1 is 0.529 bits per heavy atom. The van der Waals surface area contributed by atoms with Crippen molar-refractivity contribution in [3.8, 4) is 0 Å². The average Bonchev–Trinajstić information content (AvgIpc) is 2.89. The molecule has 2 aliphatic rings. The second-order valence-corrected chi connectivity index (χ2v) is 14.8. The summed E-state index contributed by atoms with van der Waals surface area (Å²) in [6, 6.07) is 45.6. The number of benzene rings is 4. The zero-order chi connectivity index (χ0) is 22.9. The van der Waals surface area contributed by atoms with Crippen LogP contribution in [-0.2, 0) is 0 Å². The Morgan fingerprint density at radius 3 is 1.29 bits per heavy atom. The van der Waals surface area contributed by atoms with E-state index >= 15 is 0 Å². The summed E-state index contributed by atoms with van der Waals surface area (Å²) < 4.78 is 0. The zero-order valence-electron chi connectivity index (χ0n) is 19.7. The van der Waals surface area contributed by atoms with Gasteiger partial charge >= 0.3 is 0 Å². The van der Waals surface area contributed by atoms with E-state index in [1.54, 1.807) is 10.6 Å². The smallest absolute Gasteiger partial charge is 0.00605 e. The van der Waals surface area contributed by atoms with Crippen LogP contribution in [-0.4, -0.2) is 11.3 Å². The van der Waals surface area contributed by atoms with Gasteiger partial charge in [-0.15, -0.1) is 0 Å². The summed E-state index contributed by atoms with van der Waals surface area (Å²) in [7, 11) is -0.761. The van der Waals surface area contributed by atoms with E-state index in [-0.39, 0.29) is 7.92 Å². The van der Waals surface area contributed by atoms with E-state index in [0.29, 0.717) is 5.66 Å². The zero-order valence-corrected chi connectivity index (χ0v) is 21.5. The van der Waals surface area contributed by atoms with Gasteiger partial charge in [0.15, 0.2) is 0 Å². The van der Waals surface area contributed by atoms with Crippen molar-refractivity contribution in [2.24, 2.45) is 17.8 Å². The number of hydrogen-bond donors (Lipinski definition) is 0. The van der Waals surface area contributed by atoms with Crippen molar-refractivity contribution in [3.05, 3.63) is 121 Å². The van der Waals surface area contributed by atoms with Crippen LogP contribution in [0.3, 0.4) is 0 Å². The van der Waals surface area contributed by atoms with Crippen molar-refractivity contribution in [3.63, 3.8) is 0 Å². The standard InChI is InChI=1S/C32H32P2/c1-24(33(25-14-6-2-7-15-25)26-16-8-3-9-17-26)31-29-22-23-30(29)32(31)34(27-18-10-4-11-19-27)28-20-12-5-13-21-28/h2-21,24,29-32H,22-23H2,1H3/t24-,29-,30?,31?,32+/m1/s1. The minimum atomic E-state index is -0.397. The third-order valence-electron chi connectivity index (χ3n) is 8.11. The molecule has 4 aromatic rings. The van der Waals surface area contributed by atoms with Crippen LogP contribution in [0, 0.1) is 17.8 Å². The third kappa shape index (κ3) is 3.96. The van der Waals surface area contributed by atoms with E-state index in [0.717, 1.165) is 23.4 Å². The minimum absolute atomic E-state index is 0.364. The second-order valence-electron chi connectivity index (χ2n) is 9.80. The molecule has 0 saturated heterocycles. The van der Waals surface area contributed by atoms with Crippen LogP contribution >= 0.6 is 15.8 Å². The predicted molar refractivity (Wildman–Crippen MR) is 151 cm³/mol. The number of hydrogen-bond acceptors (Lipinski definition) is 0. The van der Waals surface area contributed by atoms with Gasteiger partial charge in [-0.25, -0.2) is 0 Å². The molecule has 2 saturated carbocycles. The van der Waals surface area contributed by atoms with Gasteiger partial charge in [-0.1, -0.05) is 128 Å². The summed E-state index contributed by atoms with van der Waals surface area (Å²) in [5.74, 6) is 2.61. The predicted octanol–water partition coefficient (Wildman–Crippen LogP) is 6.67. The van der Waals surface area contributed by atoms with Crippen LogP contribution in [0.4, 0.5) is 0 Å². The van der Waals surface area contributed by atoms with Gasteiger partial charge in [0, 0.05) is 0 Å². The molecular formula is C32H32P2. The lowest BCUT2D eigenvalue weighted by molar-refractivity contribution is -0.0153. The maximum Gasteiger partial charge on any atom is -0.00605 e. The summed E-state index contributed by atoms with van der Waals surface area (Å²) in [5, 5.41) is 6.17. The summed E-state index contributed by atoms with van der Waals surface area (Å²) >= 11 is 0. The maximum absolute atomic E-state index is 2.58. The van der Waals surface area contributed by atoms with Gasteiger partial charge in [-0.05, 0) is 79.0 Å². The van der Waals surface area contributed by atoms with Crippen molar-refractivity contribution in [1.82, 2.24) is 0 Å². The molecule has 0 bridgehead atoms. The van der Waals surface area contributed by atoms with Gasteiger partial charge in [-0.3, -0.25) is 0 Å². The first-order valence-corrected chi connectivity index (χ1v) is 15.4. The Kier molecular flexibility index (Phi) is 6.39. The summed E-state index contributed by atoms with van der Waals surface area (Å²) in [6.07, 6.45) is 2.85.